The molecule has 0 aromatic heterocycles. The smallest absolute Gasteiger partial charge is 0.227 e. The molecule has 2 aromatic rings. The summed E-state index contributed by atoms with van der Waals surface area (Å²) in [5.74, 6) is 1.42. The van der Waals surface area contributed by atoms with Gasteiger partial charge in [-0.25, -0.2) is 0 Å². The zero-order valence-corrected chi connectivity index (χ0v) is 20.1. The minimum Gasteiger partial charge on any atom is -0.496 e. The summed E-state index contributed by atoms with van der Waals surface area (Å²) in [6.45, 7) is 7.38. The van der Waals surface area contributed by atoms with Gasteiger partial charge in [-0.15, -0.1) is 0 Å². The van der Waals surface area contributed by atoms with Crippen molar-refractivity contribution in [2.45, 2.75) is 83.5 Å². The fourth-order valence-electron chi connectivity index (χ4n) is 5.32. The van der Waals surface area contributed by atoms with Gasteiger partial charge in [-0.1, -0.05) is 76.1 Å². The Labute approximate surface area is 193 Å². The van der Waals surface area contributed by atoms with Crippen LogP contribution in [0.25, 0.3) is 0 Å². The van der Waals surface area contributed by atoms with Crippen molar-refractivity contribution in [3.05, 3.63) is 65.2 Å². The van der Waals surface area contributed by atoms with Crippen molar-refractivity contribution < 1.29 is 9.53 Å². The first-order chi connectivity index (χ1) is 15.4. The van der Waals surface area contributed by atoms with Crippen LogP contribution in [0.1, 0.15) is 82.0 Å². The van der Waals surface area contributed by atoms with Crippen molar-refractivity contribution in [1.29, 1.82) is 0 Å². The number of nitrogens with zero attached hydrogens (tertiary/aromatic N) is 1. The number of carbonyl (C=O) groups excluding carboxylic acids is 1. The van der Waals surface area contributed by atoms with E-state index in [1.807, 2.05) is 6.07 Å². The van der Waals surface area contributed by atoms with Gasteiger partial charge in [-0.05, 0) is 48.3 Å². The fraction of sp³-hybridized carbons (Fsp3) is 0.536. The van der Waals surface area contributed by atoms with Crippen LogP contribution >= 0.6 is 0 Å². The Balaban J connectivity index is 1.56. The van der Waals surface area contributed by atoms with Crippen LogP contribution in [0.15, 0.2) is 48.5 Å². The Hall–Kier alpha value is -2.33. The van der Waals surface area contributed by atoms with Gasteiger partial charge >= 0.3 is 0 Å². The summed E-state index contributed by atoms with van der Waals surface area (Å²) in [5, 5.41) is 3.73. The van der Waals surface area contributed by atoms with Gasteiger partial charge in [0.25, 0.3) is 0 Å². The van der Waals surface area contributed by atoms with Crippen molar-refractivity contribution in [2.24, 2.45) is 5.92 Å². The lowest BCUT2D eigenvalue weighted by molar-refractivity contribution is -0.139. The van der Waals surface area contributed by atoms with Gasteiger partial charge in [-0.3, -0.25) is 10.1 Å². The molecule has 2 aromatic carbocycles. The van der Waals surface area contributed by atoms with E-state index in [9.17, 15) is 4.79 Å². The van der Waals surface area contributed by atoms with Crippen LogP contribution in [0.3, 0.4) is 0 Å². The second-order valence-corrected chi connectivity index (χ2v) is 10.4. The van der Waals surface area contributed by atoms with E-state index in [4.69, 9.17) is 4.74 Å². The van der Waals surface area contributed by atoms with Crippen LogP contribution in [0.5, 0.6) is 5.75 Å². The minimum atomic E-state index is 0.0521. The lowest BCUT2D eigenvalue weighted by Gasteiger charge is -2.33. The zero-order valence-electron chi connectivity index (χ0n) is 20.1. The number of nitrogens with one attached hydrogen (secondary N) is 1. The molecule has 1 aliphatic carbocycles. The van der Waals surface area contributed by atoms with Crippen LogP contribution in [0.4, 0.5) is 0 Å². The maximum Gasteiger partial charge on any atom is 0.227 e. The Morgan fingerprint density at radius 2 is 1.75 bits per heavy atom. The molecule has 2 atom stereocenters. The average molecular weight is 435 g/mol. The zero-order chi connectivity index (χ0) is 22.7. The SMILES string of the molecule is COc1ccc(C(C)(C)C)cc1CNC1CCC(c2ccccc2)N1C(=O)C1CCCC1. The lowest BCUT2D eigenvalue weighted by atomic mass is 9.86. The van der Waals surface area contributed by atoms with E-state index in [2.05, 4.69) is 73.5 Å². The second-order valence-electron chi connectivity index (χ2n) is 10.4. The molecule has 2 unspecified atom stereocenters. The Kier molecular flexibility index (Phi) is 6.90. The van der Waals surface area contributed by atoms with Gasteiger partial charge in [0.05, 0.1) is 19.3 Å². The number of carbonyl (C=O) groups is 1. The second kappa shape index (κ2) is 9.66. The fourth-order valence-corrected chi connectivity index (χ4v) is 5.32. The molecule has 1 aliphatic heterocycles. The Morgan fingerprint density at radius 3 is 2.41 bits per heavy atom. The molecule has 1 saturated carbocycles. The van der Waals surface area contributed by atoms with E-state index >= 15 is 0 Å². The number of benzene rings is 2. The molecule has 1 heterocycles. The summed E-state index contributed by atoms with van der Waals surface area (Å²) in [7, 11) is 1.73. The van der Waals surface area contributed by atoms with Crippen LogP contribution < -0.4 is 10.1 Å². The standard InChI is InChI=1S/C28H38N2O2/c1-28(2,3)23-14-16-25(32-4)22(18-23)19-29-26-17-15-24(20-10-6-5-7-11-20)30(26)27(31)21-12-8-9-13-21/h5-7,10-11,14,16,18,21,24,26,29H,8-9,12-13,15,17,19H2,1-4H3. The molecule has 4 nitrogen and oxygen atoms in total. The van der Waals surface area contributed by atoms with Gasteiger partial charge < -0.3 is 9.64 Å². The van der Waals surface area contributed by atoms with Crippen LogP contribution in [0.2, 0.25) is 0 Å². The molecule has 2 fully saturated rings. The Bertz CT molecular complexity index is 913. The van der Waals surface area contributed by atoms with E-state index in [-0.39, 0.29) is 23.5 Å². The van der Waals surface area contributed by atoms with Crippen LogP contribution in [-0.4, -0.2) is 24.1 Å². The first-order valence-electron chi connectivity index (χ1n) is 12.2. The summed E-state index contributed by atoms with van der Waals surface area (Å²) < 4.78 is 5.65. The quantitative estimate of drug-likeness (QED) is 0.610. The van der Waals surface area contributed by atoms with Crippen LogP contribution in [-0.2, 0) is 16.8 Å². The van der Waals surface area contributed by atoms with Crippen molar-refractivity contribution in [3.63, 3.8) is 0 Å². The summed E-state index contributed by atoms with van der Waals surface area (Å²) in [6.07, 6.45) is 6.44. The van der Waals surface area contributed by atoms with Crippen molar-refractivity contribution in [1.82, 2.24) is 10.2 Å². The summed E-state index contributed by atoms with van der Waals surface area (Å²) in [5.41, 5.74) is 3.77. The van der Waals surface area contributed by atoms with Gasteiger partial charge in [0, 0.05) is 18.0 Å². The molecule has 4 heteroatoms. The minimum absolute atomic E-state index is 0.0521. The number of amides is 1. The predicted molar refractivity (Wildman–Crippen MR) is 130 cm³/mol. The number of hydrogen-bond acceptors (Lipinski definition) is 3. The van der Waals surface area contributed by atoms with E-state index in [1.165, 1.54) is 24.0 Å². The third-order valence-corrected chi connectivity index (χ3v) is 7.20. The summed E-state index contributed by atoms with van der Waals surface area (Å²) in [6, 6.07) is 17.2. The first-order valence-corrected chi connectivity index (χ1v) is 12.2. The van der Waals surface area contributed by atoms with Gasteiger partial charge in [0.1, 0.15) is 5.75 Å². The highest BCUT2D eigenvalue weighted by molar-refractivity contribution is 5.80. The normalized spacial score (nSPS) is 21.8. The molecule has 1 saturated heterocycles. The third kappa shape index (κ3) is 4.85. The number of rotatable bonds is 6. The van der Waals surface area contributed by atoms with Gasteiger partial charge in [-0.2, -0.15) is 0 Å². The Morgan fingerprint density at radius 1 is 1.03 bits per heavy atom. The molecule has 0 spiro atoms. The maximum absolute atomic E-state index is 13.6. The maximum atomic E-state index is 13.6. The first kappa shape index (κ1) is 22.8. The highest BCUT2D eigenvalue weighted by atomic mass is 16.5. The monoisotopic (exact) mass is 434 g/mol. The summed E-state index contributed by atoms with van der Waals surface area (Å²) in [4.78, 5) is 15.8. The molecule has 4 rings (SSSR count). The number of hydrogen-bond donors (Lipinski definition) is 1. The molecule has 0 bridgehead atoms. The predicted octanol–water partition coefficient (Wildman–Crippen LogP) is 5.96. The van der Waals surface area contributed by atoms with E-state index in [0.29, 0.717) is 12.5 Å². The molecular weight excluding hydrogens is 396 g/mol. The van der Waals surface area contributed by atoms with E-state index in [0.717, 1.165) is 37.0 Å². The van der Waals surface area contributed by atoms with E-state index in [1.54, 1.807) is 7.11 Å². The van der Waals surface area contributed by atoms with E-state index < -0.39 is 0 Å². The molecule has 172 valence electrons. The number of likely N-dealkylation sites (tertiary alicyclic amines) is 1. The van der Waals surface area contributed by atoms with Crippen molar-refractivity contribution >= 4 is 5.91 Å². The molecule has 1 amide bonds. The number of ether oxygens (including phenoxy) is 1. The highest BCUT2D eigenvalue weighted by Gasteiger charge is 2.40. The molecule has 32 heavy (non-hydrogen) atoms. The molecule has 2 aliphatic rings. The molecular formula is C28H38N2O2. The molecule has 0 radical (unpaired) electrons. The topological polar surface area (TPSA) is 41.6 Å². The summed E-state index contributed by atoms with van der Waals surface area (Å²) >= 11 is 0. The lowest BCUT2D eigenvalue weighted by Crippen LogP contribution is -2.47. The van der Waals surface area contributed by atoms with Gasteiger partial charge in [0.15, 0.2) is 0 Å². The van der Waals surface area contributed by atoms with Gasteiger partial charge in [0.2, 0.25) is 5.91 Å². The largest absolute Gasteiger partial charge is 0.496 e. The average Bonchev–Trinajstić information content (AvgIpc) is 3.47. The van der Waals surface area contributed by atoms with Crippen molar-refractivity contribution in [2.75, 3.05) is 7.11 Å². The molecule has 1 N–H and O–H groups in total. The van der Waals surface area contributed by atoms with Crippen LogP contribution in [0, 0.1) is 5.92 Å². The number of methoxy groups -OCH3 is 1. The third-order valence-electron chi connectivity index (χ3n) is 7.20. The highest BCUT2D eigenvalue weighted by Crippen LogP contribution is 2.39. The van der Waals surface area contributed by atoms with Crippen molar-refractivity contribution in [3.8, 4) is 5.75 Å².